The van der Waals surface area contributed by atoms with E-state index in [1.807, 2.05) is 45.2 Å². The fourth-order valence-corrected chi connectivity index (χ4v) is 4.91. The highest BCUT2D eigenvalue weighted by Gasteiger charge is 2.20. The monoisotopic (exact) mass is 684 g/mol. The number of imidazole rings is 2. The SMILES string of the molecule is Cc1ccc(-c2c(C#N)nc(C#Cc3ccnc(Cl)c3)n2C)cn1.Cc1ccc(-c2c(C(N)=O)nc(C#Cc3ccnc(Cl)c3)n2C)cn1. The first-order valence-corrected chi connectivity index (χ1v) is 15.3. The Morgan fingerprint density at radius 2 is 1.20 bits per heavy atom. The number of primary amides is 1. The summed E-state index contributed by atoms with van der Waals surface area (Å²) in [6.45, 7) is 3.80. The van der Waals surface area contributed by atoms with Crippen molar-refractivity contribution in [1.29, 1.82) is 5.26 Å². The standard InChI is InChI=1S/C18H14ClN5O.C18H12ClN5/c1-11-3-5-13(10-22-11)17-16(18(20)25)23-15(24(17)2)6-4-12-7-8-21-14(19)9-12;1-12-3-5-14(11-22-12)18-15(10-20)23-17(24(18)2)6-4-13-7-8-21-16(19)9-13/h3,5,7-10H,1-2H3,(H2,20,25);3,5,7-9,11H,1-2H3. The predicted octanol–water partition coefficient (Wildman–Crippen LogP) is 5.45. The third kappa shape index (κ3) is 8.16. The maximum atomic E-state index is 11.8. The molecule has 0 aliphatic carbocycles. The molecule has 0 atom stereocenters. The zero-order valence-corrected chi connectivity index (χ0v) is 28.2. The Hall–Kier alpha value is -6.32. The lowest BCUT2D eigenvalue weighted by Gasteiger charge is -2.05. The Morgan fingerprint density at radius 1 is 0.714 bits per heavy atom. The number of rotatable bonds is 3. The van der Waals surface area contributed by atoms with Gasteiger partial charge in [0.25, 0.3) is 5.91 Å². The van der Waals surface area contributed by atoms with Crippen molar-refractivity contribution < 1.29 is 4.79 Å². The fourth-order valence-electron chi connectivity index (χ4n) is 4.56. The number of nitrogens with two attached hydrogens (primary N) is 1. The minimum absolute atomic E-state index is 0.158. The van der Waals surface area contributed by atoms with Crippen LogP contribution in [0.25, 0.3) is 22.5 Å². The number of amides is 1. The molecule has 6 rings (SSSR count). The van der Waals surface area contributed by atoms with Gasteiger partial charge in [0.1, 0.15) is 16.4 Å². The third-order valence-corrected chi connectivity index (χ3v) is 7.40. The zero-order chi connectivity index (χ0) is 35.1. The second-order valence-electron chi connectivity index (χ2n) is 10.5. The summed E-state index contributed by atoms with van der Waals surface area (Å²) in [6, 6.07) is 16.5. The molecule has 11 nitrogen and oxygen atoms in total. The second-order valence-corrected chi connectivity index (χ2v) is 11.2. The lowest BCUT2D eigenvalue weighted by Crippen LogP contribution is -2.13. The van der Waals surface area contributed by atoms with E-state index in [0.29, 0.717) is 44.6 Å². The largest absolute Gasteiger partial charge is 0.364 e. The molecule has 240 valence electrons. The van der Waals surface area contributed by atoms with Gasteiger partial charge >= 0.3 is 0 Å². The van der Waals surface area contributed by atoms with Gasteiger partial charge in [-0.3, -0.25) is 14.8 Å². The van der Waals surface area contributed by atoms with Crippen LogP contribution in [0.1, 0.15) is 50.3 Å². The number of hydrogen-bond acceptors (Lipinski definition) is 8. The van der Waals surface area contributed by atoms with Crippen LogP contribution in [0.5, 0.6) is 0 Å². The van der Waals surface area contributed by atoms with Crippen molar-refractivity contribution in [2.45, 2.75) is 13.8 Å². The smallest absolute Gasteiger partial charge is 0.269 e. The van der Waals surface area contributed by atoms with Crippen LogP contribution in [-0.4, -0.2) is 44.9 Å². The summed E-state index contributed by atoms with van der Waals surface area (Å²) in [5.41, 5.74) is 12.0. The summed E-state index contributed by atoms with van der Waals surface area (Å²) < 4.78 is 3.52. The molecule has 0 saturated heterocycles. The number of carbonyl (C=O) groups excluding carboxylic acids is 1. The summed E-state index contributed by atoms with van der Waals surface area (Å²) >= 11 is 11.7. The molecule has 1 amide bonds. The highest BCUT2D eigenvalue weighted by molar-refractivity contribution is 6.29. The number of halogens is 2. The number of nitriles is 1. The second kappa shape index (κ2) is 15.1. The molecule has 0 saturated carbocycles. The van der Waals surface area contributed by atoms with E-state index in [2.05, 4.69) is 59.7 Å². The molecule has 0 aromatic carbocycles. The van der Waals surface area contributed by atoms with Gasteiger partial charge in [0.05, 0.1) is 11.4 Å². The summed E-state index contributed by atoms with van der Waals surface area (Å²) in [7, 11) is 3.60. The number of aryl methyl sites for hydroxylation is 2. The van der Waals surface area contributed by atoms with Gasteiger partial charge < -0.3 is 14.9 Å². The Kier molecular flexibility index (Phi) is 10.5. The van der Waals surface area contributed by atoms with E-state index in [-0.39, 0.29) is 5.69 Å². The van der Waals surface area contributed by atoms with Crippen LogP contribution < -0.4 is 5.73 Å². The van der Waals surface area contributed by atoms with E-state index in [4.69, 9.17) is 28.9 Å². The van der Waals surface area contributed by atoms with Crippen LogP contribution in [-0.2, 0) is 14.1 Å². The molecule has 6 aromatic heterocycles. The van der Waals surface area contributed by atoms with E-state index in [1.165, 1.54) is 0 Å². The Labute approximate surface area is 292 Å². The number of nitrogens with zero attached hydrogens (tertiary/aromatic N) is 9. The van der Waals surface area contributed by atoms with E-state index in [9.17, 15) is 10.1 Å². The van der Waals surface area contributed by atoms with Gasteiger partial charge in [0.15, 0.2) is 23.0 Å². The average Bonchev–Trinajstić information content (AvgIpc) is 3.59. The topological polar surface area (TPSA) is 154 Å². The van der Waals surface area contributed by atoms with Crippen molar-refractivity contribution in [1.82, 2.24) is 39.0 Å². The van der Waals surface area contributed by atoms with Crippen molar-refractivity contribution in [3.63, 3.8) is 0 Å². The van der Waals surface area contributed by atoms with Crippen molar-refractivity contribution in [3.05, 3.63) is 129 Å². The van der Waals surface area contributed by atoms with Crippen LogP contribution in [0.4, 0.5) is 0 Å². The Morgan fingerprint density at radius 3 is 1.65 bits per heavy atom. The highest BCUT2D eigenvalue weighted by atomic mass is 35.5. The van der Waals surface area contributed by atoms with E-state index in [0.717, 1.165) is 28.1 Å². The van der Waals surface area contributed by atoms with Gasteiger partial charge in [0.2, 0.25) is 0 Å². The predicted molar refractivity (Wildman–Crippen MR) is 186 cm³/mol. The molecular formula is C36H26Cl2N10O. The highest BCUT2D eigenvalue weighted by Crippen LogP contribution is 2.25. The van der Waals surface area contributed by atoms with Crippen LogP contribution in [0, 0.1) is 48.9 Å². The first-order valence-electron chi connectivity index (χ1n) is 14.5. The minimum Gasteiger partial charge on any atom is -0.364 e. The minimum atomic E-state index is -0.619. The van der Waals surface area contributed by atoms with Crippen molar-refractivity contribution in [2.75, 3.05) is 0 Å². The molecule has 0 aliphatic rings. The summed E-state index contributed by atoms with van der Waals surface area (Å²) in [4.78, 5) is 36.8. The molecule has 13 heteroatoms. The third-order valence-electron chi connectivity index (χ3n) is 6.99. The van der Waals surface area contributed by atoms with Crippen molar-refractivity contribution >= 4 is 29.1 Å². The number of hydrogen-bond donors (Lipinski definition) is 1. The van der Waals surface area contributed by atoms with Crippen LogP contribution in [0.3, 0.4) is 0 Å². The molecule has 49 heavy (non-hydrogen) atoms. The lowest BCUT2D eigenvalue weighted by atomic mass is 10.1. The lowest BCUT2D eigenvalue weighted by molar-refractivity contribution is 0.0996. The van der Waals surface area contributed by atoms with Gasteiger partial charge in [-0.2, -0.15) is 5.26 Å². The van der Waals surface area contributed by atoms with Crippen LogP contribution >= 0.6 is 23.2 Å². The van der Waals surface area contributed by atoms with Gasteiger partial charge in [-0.1, -0.05) is 35.0 Å². The number of aromatic nitrogens is 8. The molecule has 0 spiro atoms. The van der Waals surface area contributed by atoms with Gasteiger partial charge in [-0.25, -0.2) is 19.9 Å². The zero-order valence-electron chi connectivity index (χ0n) is 26.7. The van der Waals surface area contributed by atoms with Gasteiger partial charge in [-0.15, -0.1) is 0 Å². The van der Waals surface area contributed by atoms with Gasteiger partial charge in [0, 0.05) is 72.5 Å². The average molecular weight is 686 g/mol. The summed E-state index contributed by atoms with van der Waals surface area (Å²) in [5, 5.41) is 10.1. The fraction of sp³-hybridized carbons (Fsp3) is 0.111. The maximum Gasteiger partial charge on any atom is 0.269 e. The first kappa shape index (κ1) is 34.0. The molecular weight excluding hydrogens is 659 g/mol. The molecule has 0 unspecified atom stereocenters. The molecule has 0 radical (unpaired) electrons. The molecule has 2 N–H and O–H groups in total. The van der Waals surface area contributed by atoms with Crippen LogP contribution in [0.2, 0.25) is 10.3 Å². The maximum absolute atomic E-state index is 11.8. The van der Waals surface area contributed by atoms with E-state index >= 15 is 0 Å². The molecule has 0 aliphatic heterocycles. The number of carbonyl (C=O) groups is 1. The quantitative estimate of drug-likeness (QED) is 0.191. The summed E-state index contributed by atoms with van der Waals surface area (Å²) in [6.07, 6.45) is 6.57. The Bertz CT molecular complexity index is 2350. The summed E-state index contributed by atoms with van der Waals surface area (Å²) in [5.74, 6) is 12.1. The molecule has 6 heterocycles. The van der Waals surface area contributed by atoms with Gasteiger partial charge in [-0.05, 0) is 74.2 Å². The molecule has 0 bridgehead atoms. The molecule has 6 aromatic rings. The van der Waals surface area contributed by atoms with Crippen molar-refractivity contribution in [3.8, 4) is 52.3 Å². The molecule has 0 fully saturated rings. The first-order chi connectivity index (χ1) is 23.5. The van der Waals surface area contributed by atoms with E-state index < -0.39 is 5.91 Å². The Balaban J connectivity index is 0.000000191. The van der Waals surface area contributed by atoms with Crippen molar-refractivity contribution in [2.24, 2.45) is 19.8 Å². The van der Waals surface area contributed by atoms with E-state index in [1.54, 1.807) is 65.2 Å². The normalized spacial score (nSPS) is 10.1. The number of pyridine rings is 4. The van der Waals surface area contributed by atoms with Crippen LogP contribution in [0.15, 0.2) is 73.3 Å².